The Kier molecular flexibility index (Phi) is 4.66. The van der Waals surface area contributed by atoms with Gasteiger partial charge in [-0.15, -0.1) is 0 Å². The number of rotatable bonds is 3. The highest BCUT2D eigenvalue weighted by atomic mass is 35.5. The number of benzene rings is 2. The van der Waals surface area contributed by atoms with E-state index in [1.165, 1.54) is 18.3 Å². The molecule has 7 nitrogen and oxygen atoms in total. The Balaban J connectivity index is 2.40. The third-order valence-corrected chi connectivity index (χ3v) is 6.15. The Hall–Kier alpha value is -2.78. The van der Waals surface area contributed by atoms with Crippen LogP contribution in [0.1, 0.15) is 10.5 Å². The molecule has 0 saturated heterocycles. The van der Waals surface area contributed by atoms with Gasteiger partial charge in [-0.1, -0.05) is 53.5 Å². The zero-order valence-corrected chi connectivity index (χ0v) is 16.6. The van der Waals surface area contributed by atoms with Crippen LogP contribution in [0.25, 0.3) is 32.9 Å². The van der Waals surface area contributed by atoms with Crippen molar-refractivity contribution in [3.63, 3.8) is 0 Å². The van der Waals surface area contributed by atoms with Gasteiger partial charge >= 0.3 is 5.97 Å². The van der Waals surface area contributed by atoms with Crippen molar-refractivity contribution in [3.05, 3.63) is 64.4 Å². The van der Waals surface area contributed by atoms with Gasteiger partial charge in [0.1, 0.15) is 10.4 Å². The number of nitrogens with zero attached hydrogens (tertiary/aromatic N) is 2. The number of pyridine rings is 2. The van der Waals surface area contributed by atoms with Crippen LogP contribution in [0.4, 0.5) is 0 Å². The molecule has 2 heterocycles. The molecule has 0 aliphatic heterocycles. The summed E-state index contributed by atoms with van der Waals surface area (Å²) in [6, 6.07) is 11.0. The van der Waals surface area contributed by atoms with E-state index in [0.717, 1.165) is 0 Å². The molecule has 146 valence electrons. The molecule has 4 aromatic rings. The fourth-order valence-electron chi connectivity index (χ4n) is 3.22. The molecule has 0 aliphatic rings. The molecule has 4 rings (SSSR count). The second-order valence-corrected chi connectivity index (χ2v) is 8.18. The lowest BCUT2D eigenvalue weighted by atomic mass is 10.00. The third-order valence-electron chi connectivity index (χ3n) is 4.36. The normalized spacial score (nSPS) is 11.8. The lowest BCUT2D eigenvalue weighted by Crippen LogP contribution is -2.11. The van der Waals surface area contributed by atoms with Crippen LogP contribution in [0.3, 0.4) is 0 Å². The standard InChI is InChI=1S/C19H10Cl2N2O5S/c20-13-10-7-4-8-22-15(10)16-12(14(13)21)18(29(26,27)28)11(17(23-16)19(24)25)9-5-2-1-3-6-9/h1-8H,(H,24,25)(H,26,27,28). The molecule has 10 heteroatoms. The Morgan fingerprint density at radius 1 is 0.966 bits per heavy atom. The van der Waals surface area contributed by atoms with Gasteiger partial charge in [0, 0.05) is 22.5 Å². The minimum Gasteiger partial charge on any atom is -0.476 e. The second kappa shape index (κ2) is 6.93. The molecule has 2 N–H and O–H groups in total. The molecular formula is C19H10Cl2N2O5S. The molecule has 0 amide bonds. The molecule has 29 heavy (non-hydrogen) atoms. The van der Waals surface area contributed by atoms with Gasteiger partial charge in [-0.05, 0) is 17.7 Å². The minimum atomic E-state index is -4.95. The van der Waals surface area contributed by atoms with Crippen molar-refractivity contribution >= 4 is 61.1 Å². The van der Waals surface area contributed by atoms with E-state index in [-0.39, 0.29) is 37.6 Å². The van der Waals surface area contributed by atoms with Crippen molar-refractivity contribution in [2.45, 2.75) is 4.90 Å². The number of hydrogen-bond donors (Lipinski definition) is 2. The maximum absolute atomic E-state index is 12.4. The number of carboxylic acids is 1. The highest BCUT2D eigenvalue weighted by Crippen LogP contribution is 2.44. The molecule has 0 spiro atoms. The molecule has 0 saturated carbocycles. The number of aromatic nitrogens is 2. The summed E-state index contributed by atoms with van der Waals surface area (Å²) in [5, 5.41) is 9.75. The first-order chi connectivity index (χ1) is 13.7. The van der Waals surface area contributed by atoms with E-state index in [4.69, 9.17) is 23.2 Å². The quantitative estimate of drug-likeness (QED) is 0.344. The summed E-state index contributed by atoms with van der Waals surface area (Å²) in [4.78, 5) is 19.6. The average Bonchev–Trinajstić information content (AvgIpc) is 2.70. The van der Waals surface area contributed by atoms with E-state index < -0.39 is 26.7 Å². The van der Waals surface area contributed by atoms with Gasteiger partial charge in [-0.25, -0.2) is 9.78 Å². The van der Waals surface area contributed by atoms with E-state index in [0.29, 0.717) is 5.39 Å². The molecule has 0 bridgehead atoms. The zero-order valence-electron chi connectivity index (χ0n) is 14.3. The lowest BCUT2D eigenvalue weighted by molar-refractivity contribution is 0.0691. The van der Waals surface area contributed by atoms with Gasteiger partial charge in [-0.3, -0.25) is 9.54 Å². The van der Waals surface area contributed by atoms with Crippen molar-refractivity contribution in [2.24, 2.45) is 0 Å². The molecule has 0 radical (unpaired) electrons. The predicted molar refractivity (Wildman–Crippen MR) is 109 cm³/mol. The largest absolute Gasteiger partial charge is 0.476 e. The summed E-state index contributed by atoms with van der Waals surface area (Å²) in [5.74, 6) is -1.48. The van der Waals surface area contributed by atoms with E-state index >= 15 is 0 Å². The summed E-state index contributed by atoms with van der Waals surface area (Å²) >= 11 is 12.7. The summed E-state index contributed by atoms with van der Waals surface area (Å²) < 4.78 is 34.9. The highest BCUT2D eigenvalue weighted by Gasteiger charge is 2.31. The van der Waals surface area contributed by atoms with Crippen LogP contribution in [0.15, 0.2) is 53.6 Å². The van der Waals surface area contributed by atoms with Gasteiger partial charge in [-0.2, -0.15) is 8.42 Å². The van der Waals surface area contributed by atoms with Gasteiger partial charge in [0.25, 0.3) is 10.1 Å². The van der Waals surface area contributed by atoms with Crippen LogP contribution in [-0.4, -0.2) is 34.0 Å². The Bertz CT molecular complexity index is 1420. The summed E-state index contributed by atoms with van der Waals surface area (Å²) in [6.07, 6.45) is 1.42. The number of halogens is 2. The van der Waals surface area contributed by atoms with Gasteiger partial charge in [0.2, 0.25) is 0 Å². The maximum atomic E-state index is 12.4. The van der Waals surface area contributed by atoms with Crippen molar-refractivity contribution in [1.82, 2.24) is 9.97 Å². The number of hydrogen-bond acceptors (Lipinski definition) is 5. The van der Waals surface area contributed by atoms with Crippen molar-refractivity contribution < 1.29 is 22.9 Å². The Morgan fingerprint density at radius 3 is 2.28 bits per heavy atom. The van der Waals surface area contributed by atoms with Crippen molar-refractivity contribution in [3.8, 4) is 11.1 Å². The van der Waals surface area contributed by atoms with Crippen LogP contribution in [0, 0.1) is 0 Å². The predicted octanol–water partition coefficient (Wildman–Crippen LogP) is 4.70. The molecular weight excluding hydrogens is 439 g/mol. The number of carboxylic acid groups (broad SMARTS) is 1. The third kappa shape index (κ3) is 3.10. The minimum absolute atomic E-state index is 0.0102. The number of carbonyl (C=O) groups is 1. The Morgan fingerprint density at radius 2 is 1.66 bits per heavy atom. The average molecular weight is 449 g/mol. The van der Waals surface area contributed by atoms with E-state index in [1.807, 2.05) is 0 Å². The van der Waals surface area contributed by atoms with Crippen LogP contribution in [-0.2, 0) is 10.1 Å². The van der Waals surface area contributed by atoms with Crippen LogP contribution in [0.5, 0.6) is 0 Å². The zero-order chi connectivity index (χ0) is 20.9. The fraction of sp³-hybridized carbons (Fsp3) is 0. The SMILES string of the molecule is O=C(O)c1nc2c(c(Cl)c(Cl)c3cccnc32)c(S(=O)(=O)O)c1-c1ccccc1. The first kappa shape index (κ1) is 19.5. The van der Waals surface area contributed by atoms with E-state index in [1.54, 1.807) is 30.3 Å². The number of aromatic carboxylic acids is 1. The molecule has 0 atom stereocenters. The highest BCUT2D eigenvalue weighted by molar-refractivity contribution is 7.86. The van der Waals surface area contributed by atoms with Crippen LogP contribution < -0.4 is 0 Å². The second-order valence-electron chi connectivity index (χ2n) is 6.06. The molecule has 2 aromatic carbocycles. The van der Waals surface area contributed by atoms with E-state index in [9.17, 15) is 22.9 Å². The van der Waals surface area contributed by atoms with Crippen LogP contribution >= 0.6 is 23.2 Å². The number of fused-ring (bicyclic) bond motifs is 3. The van der Waals surface area contributed by atoms with Crippen molar-refractivity contribution in [2.75, 3.05) is 0 Å². The maximum Gasteiger partial charge on any atom is 0.355 e. The van der Waals surface area contributed by atoms with Gasteiger partial charge < -0.3 is 5.11 Å². The fourth-order valence-corrected chi connectivity index (χ4v) is 4.74. The summed E-state index contributed by atoms with van der Waals surface area (Å²) in [6.45, 7) is 0. The van der Waals surface area contributed by atoms with E-state index in [2.05, 4.69) is 9.97 Å². The molecule has 2 aromatic heterocycles. The van der Waals surface area contributed by atoms with Crippen LogP contribution in [0.2, 0.25) is 10.0 Å². The topological polar surface area (TPSA) is 117 Å². The summed E-state index contributed by atoms with van der Waals surface area (Å²) in [7, 11) is -4.95. The Labute approximate surface area is 174 Å². The molecule has 0 aliphatic carbocycles. The first-order valence-corrected chi connectivity index (χ1v) is 10.3. The first-order valence-electron chi connectivity index (χ1n) is 8.07. The molecule has 0 fully saturated rings. The lowest BCUT2D eigenvalue weighted by Gasteiger charge is -2.16. The molecule has 0 unspecified atom stereocenters. The monoisotopic (exact) mass is 448 g/mol. The van der Waals surface area contributed by atoms with Crippen molar-refractivity contribution in [1.29, 1.82) is 0 Å². The smallest absolute Gasteiger partial charge is 0.355 e. The van der Waals surface area contributed by atoms with Gasteiger partial charge in [0.05, 0.1) is 15.6 Å². The van der Waals surface area contributed by atoms with Gasteiger partial charge in [0.15, 0.2) is 5.69 Å². The summed E-state index contributed by atoms with van der Waals surface area (Å²) in [5.41, 5.74) is -0.577.